The zero-order valence-electron chi connectivity index (χ0n) is 16.3. The van der Waals surface area contributed by atoms with Crippen molar-refractivity contribution >= 4 is 17.6 Å². The van der Waals surface area contributed by atoms with Gasteiger partial charge in [-0.15, -0.1) is 0 Å². The average molecular weight is 354 g/mol. The van der Waals surface area contributed by atoms with E-state index in [1.807, 2.05) is 32.1 Å². The Morgan fingerprint density at radius 1 is 1.08 bits per heavy atom. The quantitative estimate of drug-likeness (QED) is 0.797. The highest BCUT2D eigenvalue weighted by Crippen LogP contribution is 2.48. The van der Waals surface area contributed by atoms with Crippen molar-refractivity contribution in [2.75, 3.05) is 14.2 Å². The fourth-order valence-corrected chi connectivity index (χ4v) is 3.97. The summed E-state index contributed by atoms with van der Waals surface area (Å²) in [5, 5.41) is 0. The van der Waals surface area contributed by atoms with Gasteiger partial charge >= 0.3 is 0 Å². The molecule has 1 aromatic rings. The van der Waals surface area contributed by atoms with Crippen molar-refractivity contribution in [1.29, 1.82) is 0 Å². The summed E-state index contributed by atoms with van der Waals surface area (Å²) in [7, 11) is 3.21. The molecule has 0 saturated carbocycles. The van der Waals surface area contributed by atoms with E-state index in [9.17, 15) is 9.59 Å². The maximum absolute atomic E-state index is 13.1. The van der Waals surface area contributed by atoms with Crippen LogP contribution in [0.5, 0.6) is 11.5 Å². The van der Waals surface area contributed by atoms with E-state index in [-0.39, 0.29) is 23.4 Å². The van der Waals surface area contributed by atoms with Gasteiger partial charge in [0.15, 0.2) is 23.1 Å². The molecule has 0 bridgehead atoms. The average Bonchev–Trinajstić information content (AvgIpc) is 2.74. The summed E-state index contributed by atoms with van der Waals surface area (Å²) in [4.78, 5) is 25.5. The molecule has 2 aliphatic rings. The first kappa shape index (κ1) is 18.4. The maximum Gasteiger partial charge on any atom is 0.168 e. The van der Waals surface area contributed by atoms with Gasteiger partial charge in [-0.2, -0.15) is 0 Å². The second-order valence-electron chi connectivity index (χ2n) is 7.89. The third-order valence-corrected chi connectivity index (χ3v) is 5.67. The van der Waals surface area contributed by atoms with Crippen LogP contribution in [0.1, 0.15) is 61.5 Å². The monoisotopic (exact) mass is 354 g/mol. The van der Waals surface area contributed by atoms with Gasteiger partial charge in [0.05, 0.1) is 14.2 Å². The van der Waals surface area contributed by atoms with Gasteiger partial charge in [0, 0.05) is 34.4 Å². The number of carbonyl (C=O) groups excluding carboxylic acids is 2. The summed E-state index contributed by atoms with van der Waals surface area (Å²) >= 11 is 0. The lowest BCUT2D eigenvalue weighted by Crippen LogP contribution is -2.36. The highest BCUT2D eigenvalue weighted by Gasteiger charge is 2.42. The molecule has 4 heteroatoms. The maximum atomic E-state index is 13.1. The molecule has 0 saturated heterocycles. The predicted octanol–water partition coefficient (Wildman–Crippen LogP) is 4.58. The van der Waals surface area contributed by atoms with Gasteiger partial charge in [0.2, 0.25) is 0 Å². The minimum absolute atomic E-state index is 0.0373. The minimum Gasteiger partial charge on any atom is -0.493 e. The van der Waals surface area contributed by atoms with Crippen LogP contribution in [0, 0.1) is 11.3 Å². The van der Waals surface area contributed by atoms with Crippen LogP contribution >= 0.6 is 0 Å². The second-order valence-corrected chi connectivity index (χ2v) is 7.89. The molecular weight excluding hydrogens is 328 g/mol. The molecule has 1 aromatic carbocycles. The fourth-order valence-electron chi connectivity index (χ4n) is 3.97. The van der Waals surface area contributed by atoms with Crippen LogP contribution in [0.3, 0.4) is 0 Å². The smallest absolute Gasteiger partial charge is 0.168 e. The summed E-state index contributed by atoms with van der Waals surface area (Å²) in [5.41, 5.74) is 2.72. The fraction of sp³-hybridized carbons (Fsp3) is 0.455. The molecule has 26 heavy (non-hydrogen) atoms. The third-order valence-electron chi connectivity index (χ3n) is 5.67. The Balaban J connectivity index is 2.31. The lowest BCUT2D eigenvalue weighted by Gasteiger charge is -2.35. The highest BCUT2D eigenvalue weighted by atomic mass is 16.5. The second kappa shape index (κ2) is 6.42. The molecule has 1 atom stereocenters. The van der Waals surface area contributed by atoms with Gasteiger partial charge in [0.25, 0.3) is 0 Å². The molecule has 0 aliphatic heterocycles. The first-order chi connectivity index (χ1) is 12.2. The third kappa shape index (κ3) is 2.68. The lowest BCUT2D eigenvalue weighted by molar-refractivity contribution is -0.124. The number of hydrogen-bond acceptors (Lipinski definition) is 4. The number of benzene rings is 1. The zero-order chi connectivity index (χ0) is 19.2. The van der Waals surface area contributed by atoms with E-state index in [4.69, 9.17) is 9.47 Å². The van der Waals surface area contributed by atoms with E-state index in [1.54, 1.807) is 20.3 Å². The number of carbonyl (C=O) groups is 2. The Kier molecular flexibility index (Phi) is 4.55. The van der Waals surface area contributed by atoms with Gasteiger partial charge < -0.3 is 9.47 Å². The number of hydrogen-bond donors (Lipinski definition) is 0. The molecule has 0 fully saturated rings. The number of ether oxygens (including phenoxy) is 2. The highest BCUT2D eigenvalue weighted by molar-refractivity contribution is 6.05. The van der Waals surface area contributed by atoms with Gasteiger partial charge in [-0.1, -0.05) is 33.8 Å². The zero-order valence-corrected chi connectivity index (χ0v) is 16.3. The van der Waals surface area contributed by atoms with Crippen LogP contribution < -0.4 is 9.47 Å². The molecule has 2 aliphatic carbocycles. The molecule has 138 valence electrons. The molecule has 1 unspecified atom stereocenters. The van der Waals surface area contributed by atoms with Crippen LogP contribution in [0.2, 0.25) is 0 Å². The van der Waals surface area contributed by atoms with Gasteiger partial charge in [-0.05, 0) is 29.7 Å². The van der Waals surface area contributed by atoms with E-state index in [0.717, 1.165) is 16.7 Å². The van der Waals surface area contributed by atoms with Crippen molar-refractivity contribution in [2.45, 2.75) is 40.0 Å². The van der Waals surface area contributed by atoms with Crippen molar-refractivity contribution in [3.63, 3.8) is 0 Å². The topological polar surface area (TPSA) is 52.6 Å². The van der Waals surface area contributed by atoms with Gasteiger partial charge in [0.1, 0.15) is 0 Å². The van der Waals surface area contributed by atoms with Crippen LogP contribution in [0.15, 0.2) is 23.8 Å². The summed E-state index contributed by atoms with van der Waals surface area (Å²) < 4.78 is 11.3. The van der Waals surface area contributed by atoms with Crippen LogP contribution in [-0.4, -0.2) is 25.8 Å². The number of fused-ring (bicyclic) bond motifs is 2. The molecule has 0 spiro atoms. The minimum atomic E-state index is -0.601. The normalized spacial score (nSPS) is 21.0. The molecule has 0 heterocycles. The standard InChI is InChI=1S/C22H26O4/c1-12(2)14-10-15-16(21(26-6)20(14)25-5)9-13-7-8-19(24)22(3,4)17(13)11-18(15)23/h7-10,12,17H,11H2,1-6H3. The predicted molar refractivity (Wildman–Crippen MR) is 102 cm³/mol. The number of ketones is 2. The molecule has 0 N–H and O–H groups in total. The summed E-state index contributed by atoms with van der Waals surface area (Å²) in [6.45, 7) is 7.96. The number of methoxy groups -OCH3 is 2. The number of allylic oxidation sites excluding steroid dienone is 3. The first-order valence-corrected chi connectivity index (χ1v) is 8.98. The summed E-state index contributed by atoms with van der Waals surface area (Å²) in [6, 6.07) is 1.93. The Morgan fingerprint density at radius 2 is 1.73 bits per heavy atom. The molecule has 0 aromatic heterocycles. The Bertz CT molecular complexity index is 840. The van der Waals surface area contributed by atoms with E-state index in [1.165, 1.54) is 0 Å². The number of Topliss-reactive ketones (excluding diaryl/α,β-unsaturated/α-hetero) is 1. The largest absolute Gasteiger partial charge is 0.493 e. The van der Waals surface area contributed by atoms with Gasteiger partial charge in [-0.25, -0.2) is 0 Å². The Labute approximate surface area is 154 Å². The summed E-state index contributed by atoms with van der Waals surface area (Å²) in [6.07, 6.45) is 5.75. The SMILES string of the molecule is COc1c(C(C)C)cc2c(c1OC)C=C1C=CC(=O)C(C)(C)C1CC2=O. The molecule has 3 rings (SSSR count). The van der Waals surface area contributed by atoms with Crippen LogP contribution in [0.25, 0.3) is 6.08 Å². The molecule has 0 amide bonds. The van der Waals surface area contributed by atoms with E-state index in [2.05, 4.69) is 13.8 Å². The van der Waals surface area contributed by atoms with Crippen molar-refractivity contribution in [2.24, 2.45) is 11.3 Å². The first-order valence-electron chi connectivity index (χ1n) is 8.98. The molecule has 0 radical (unpaired) electrons. The Hall–Kier alpha value is -2.36. The van der Waals surface area contributed by atoms with Crippen molar-refractivity contribution in [1.82, 2.24) is 0 Å². The van der Waals surface area contributed by atoms with Crippen molar-refractivity contribution in [3.05, 3.63) is 40.5 Å². The van der Waals surface area contributed by atoms with Crippen molar-refractivity contribution in [3.8, 4) is 11.5 Å². The van der Waals surface area contributed by atoms with E-state index >= 15 is 0 Å². The molecular formula is C22H26O4. The van der Waals surface area contributed by atoms with Crippen LogP contribution in [-0.2, 0) is 4.79 Å². The van der Waals surface area contributed by atoms with Gasteiger partial charge in [-0.3, -0.25) is 9.59 Å². The lowest BCUT2D eigenvalue weighted by atomic mass is 9.67. The summed E-state index contributed by atoms with van der Waals surface area (Å²) in [5.74, 6) is 1.39. The van der Waals surface area contributed by atoms with Crippen molar-refractivity contribution < 1.29 is 19.1 Å². The molecule has 4 nitrogen and oxygen atoms in total. The van der Waals surface area contributed by atoms with Crippen LogP contribution in [0.4, 0.5) is 0 Å². The van der Waals surface area contributed by atoms with E-state index < -0.39 is 5.41 Å². The number of rotatable bonds is 3. The Morgan fingerprint density at radius 3 is 2.31 bits per heavy atom. The van der Waals surface area contributed by atoms with E-state index in [0.29, 0.717) is 23.5 Å².